The van der Waals surface area contributed by atoms with E-state index < -0.39 is 0 Å². The van der Waals surface area contributed by atoms with Crippen molar-refractivity contribution in [3.05, 3.63) is 385 Å². The van der Waals surface area contributed by atoms with Crippen LogP contribution in [0.3, 0.4) is 0 Å². The molecule has 0 saturated carbocycles. The summed E-state index contributed by atoms with van der Waals surface area (Å²) in [5.74, 6) is 3.78. The lowest BCUT2D eigenvalue weighted by atomic mass is 10.1. The molecular formula is C126H188O10. The average Bonchev–Trinajstić information content (AvgIpc) is 0.862. The molecule has 10 heteroatoms. The quantitative estimate of drug-likeness (QED) is 0.0735. The molecule has 0 amide bonds. The molecule has 0 fully saturated rings. The number of aryl methyl sites for hydroxylation is 6. The number of fused-ring (bicyclic) bond motifs is 4. The highest BCUT2D eigenvalue weighted by atomic mass is 16.5. The van der Waals surface area contributed by atoms with Crippen LogP contribution in [0.4, 0.5) is 0 Å². The first-order valence-corrected chi connectivity index (χ1v) is 50.0. The first-order chi connectivity index (χ1) is 66.3. The highest BCUT2D eigenvalue weighted by molar-refractivity contribution is 5.85. The summed E-state index contributed by atoms with van der Waals surface area (Å²) >= 11 is 0. The molecule has 0 atom stereocenters. The zero-order valence-corrected chi connectivity index (χ0v) is 90.7. The standard InChI is InChI=1S/C12H12O.3C12H12.3C8H10O.3C8H10.6C3H8O.4C3H8/c1-2-13-12-8-7-10-5-3-4-6-11(10)9-12;3*1-2-10-7-8-11-5-3-4-6-12(11)9-10;3*1-2-9-8-6-4-3-5-7-8;3*1-2-8-6-4-3-5-7-8;6*1-3-4-2;4*1-3-2/h3-9H,2H2,1H3;3*3-9H,2H2,1H3;3*3-7H,2H2,1H3;3*3-7H,2H2,1H3;6*3H2,1-2H3;4*3H2,1-2H3. The van der Waals surface area contributed by atoms with E-state index in [2.05, 4.69) is 350 Å². The summed E-state index contributed by atoms with van der Waals surface area (Å²) < 4.78 is 48.3. The first-order valence-electron chi connectivity index (χ1n) is 50.0. The third-order valence-electron chi connectivity index (χ3n) is 17.3. The van der Waals surface area contributed by atoms with Crippen molar-refractivity contribution in [1.82, 2.24) is 0 Å². The Bertz CT molecular complexity index is 4200. The van der Waals surface area contributed by atoms with E-state index in [1.807, 2.05) is 197 Å². The topological polar surface area (TPSA) is 92.3 Å². The molecule has 136 heavy (non-hydrogen) atoms. The van der Waals surface area contributed by atoms with Crippen molar-refractivity contribution in [2.75, 3.05) is 109 Å². The summed E-state index contributed by atoms with van der Waals surface area (Å²) in [6.07, 6.45) is 11.8. The van der Waals surface area contributed by atoms with Crippen molar-refractivity contribution in [3.8, 4) is 23.0 Å². The molecule has 0 radical (unpaired) electrons. The Morgan fingerprint density at radius 1 is 0.132 bits per heavy atom. The largest absolute Gasteiger partial charge is 0.494 e. The predicted molar refractivity (Wildman–Crippen MR) is 605 cm³/mol. The summed E-state index contributed by atoms with van der Waals surface area (Å²) in [6.45, 7) is 57.6. The van der Waals surface area contributed by atoms with Gasteiger partial charge < -0.3 is 47.4 Å². The van der Waals surface area contributed by atoms with Gasteiger partial charge >= 0.3 is 0 Å². The fourth-order valence-electron chi connectivity index (χ4n) is 9.99. The van der Waals surface area contributed by atoms with Gasteiger partial charge in [-0.3, -0.25) is 0 Å². The van der Waals surface area contributed by atoms with Gasteiger partial charge in [-0.05, 0) is 233 Å². The molecule has 0 spiro atoms. The number of hydrogen-bond acceptors (Lipinski definition) is 10. The van der Waals surface area contributed by atoms with Gasteiger partial charge in [0.25, 0.3) is 0 Å². The second kappa shape index (κ2) is 109. The Balaban J connectivity index is -0.000000333. The molecule has 14 aromatic rings. The van der Waals surface area contributed by atoms with Crippen LogP contribution in [-0.2, 0) is 66.9 Å². The van der Waals surface area contributed by atoms with Crippen LogP contribution in [0.25, 0.3) is 43.1 Å². The third-order valence-corrected chi connectivity index (χ3v) is 17.3. The van der Waals surface area contributed by atoms with E-state index in [-0.39, 0.29) is 0 Å². The number of hydrogen-bond donors (Lipinski definition) is 0. The molecule has 0 aliphatic rings. The molecular weight excluding hydrogens is 1670 g/mol. The lowest BCUT2D eigenvalue weighted by Crippen LogP contribution is -1.90. The molecule has 14 rings (SSSR count). The highest BCUT2D eigenvalue weighted by Crippen LogP contribution is 2.22. The van der Waals surface area contributed by atoms with E-state index in [1.165, 1.54) is 102 Å². The minimum Gasteiger partial charge on any atom is -0.494 e. The number of benzene rings is 14. The van der Waals surface area contributed by atoms with Crippen molar-refractivity contribution in [2.24, 2.45) is 0 Å². The number of ether oxygens (including phenoxy) is 10. The molecule has 0 aliphatic carbocycles. The number of methoxy groups -OCH3 is 6. The van der Waals surface area contributed by atoms with Crippen LogP contribution in [0.15, 0.2) is 352 Å². The van der Waals surface area contributed by atoms with E-state index in [0.717, 1.165) is 128 Å². The molecule has 752 valence electrons. The van der Waals surface area contributed by atoms with E-state index >= 15 is 0 Å². The minimum absolute atomic E-state index is 0.721. The Kier molecular flexibility index (Phi) is 109. The molecule has 0 aromatic heterocycles. The summed E-state index contributed by atoms with van der Waals surface area (Å²) in [5.41, 5.74) is 8.46. The van der Waals surface area contributed by atoms with Crippen molar-refractivity contribution < 1.29 is 47.4 Å². The summed E-state index contributed by atoms with van der Waals surface area (Å²) in [5, 5.41) is 10.5. The van der Waals surface area contributed by atoms with Gasteiger partial charge in [-0.1, -0.05) is 426 Å². The van der Waals surface area contributed by atoms with Crippen molar-refractivity contribution >= 4 is 43.1 Å². The van der Waals surface area contributed by atoms with Crippen molar-refractivity contribution in [3.63, 3.8) is 0 Å². The lowest BCUT2D eigenvalue weighted by molar-refractivity contribution is 0.215. The molecule has 0 N–H and O–H groups in total. The fourth-order valence-corrected chi connectivity index (χ4v) is 9.99. The van der Waals surface area contributed by atoms with E-state index in [0.29, 0.717) is 0 Å². The predicted octanol–water partition coefficient (Wildman–Crippen LogP) is 36.0. The molecule has 0 saturated heterocycles. The van der Waals surface area contributed by atoms with E-state index in [4.69, 9.17) is 18.9 Å². The lowest BCUT2D eigenvalue weighted by Gasteiger charge is -2.03. The van der Waals surface area contributed by atoms with Gasteiger partial charge in [-0.15, -0.1) is 0 Å². The Morgan fingerprint density at radius 2 is 0.279 bits per heavy atom. The van der Waals surface area contributed by atoms with Crippen LogP contribution >= 0.6 is 0 Å². The van der Waals surface area contributed by atoms with Crippen LogP contribution in [-0.4, -0.2) is 109 Å². The Hall–Kier alpha value is -10.9. The maximum absolute atomic E-state index is 5.41. The fraction of sp³-hybridized carbons (Fsp3) is 0.397. The van der Waals surface area contributed by atoms with Gasteiger partial charge in [0.2, 0.25) is 0 Å². The van der Waals surface area contributed by atoms with Gasteiger partial charge in [0, 0.05) is 82.3 Å². The zero-order valence-electron chi connectivity index (χ0n) is 90.7. The SMILES string of the molecule is CCC.CCC.CCC.CCC.CCOC.CCOC.CCOC.CCOC.CCOC.CCOC.CCOc1ccc2ccccc2c1.CCOc1ccccc1.CCOc1ccccc1.CCOc1ccccc1.CCc1ccc2ccccc2c1.CCc1ccc2ccccc2c1.CCc1ccc2ccccc2c1.CCc1ccccc1.CCc1ccccc1.CCc1ccccc1. The monoisotopic (exact) mass is 1860 g/mol. The average molecular weight is 1860 g/mol. The number of para-hydroxylation sites is 3. The Labute approximate surface area is 832 Å². The summed E-state index contributed by atoms with van der Waals surface area (Å²) in [7, 11) is 10.1. The van der Waals surface area contributed by atoms with Crippen LogP contribution in [0, 0.1) is 0 Å². The second-order valence-electron chi connectivity index (χ2n) is 29.1. The molecule has 0 aliphatic heterocycles. The van der Waals surface area contributed by atoms with Crippen LogP contribution in [0.1, 0.15) is 225 Å². The zero-order chi connectivity index (χ0) is 103. The maximum Gasteiger partial charge on any atom is 0.119 e. The number of rotatable bonds is 20. The summed E-state index contributed by atoms with van der Waals surface area (Å²) in [6, 6.07) is 121. The minimum atomic E-state index is 0.721. The van der Waals surface area contributed by atoms with E-state index in [9.17, 15) is 0 Å². The van der Waals surface area contributed by atoms with Crippen LogP contribution in [0.5, 0.6) is 23.0 Å². The normalized spacial score (nSPS) is 8.99. The molecule has 0 heterocycles. The van der Waals surface area contributed by atoms with Gasteiger partial charge in [0.1, 0.15) is 23.0 Å². The van der Waals surface area contributed by atoms with Gasteiger partial charge in [-0.2, -0.15) is 0 Å². The Morgan fingerprint density at radius 3 is 0.441 bits per heavy atom. The third kappa shape index (κ3) is 84.8. The van der Waals surface area contributed by atoms with Gasteiger partial charge in [-0.25, -0.2) is 0 Å². The highest BCUT2D eigenvalue weighted by Gasteiger charge is 1.98. The smallest absolute Gasteiger partial charge is 0.119 e. The van der Waals surface area contributed by atoms with Crippen LogP contribution < -0.4 is 18.9 Å². The van der Waals surface area contributed by atoms with Gasteiger partial charge in [0.15, 0.2) is 0 Å². The van der Waals surface area contributed by atoms with Crippen molar-refractivity contribution in [1.29, 1.82) is 0 Å². The first kappa shape index (κ1) is 136. The summed E-state index contributed by atoms with van der Waals surface area (Å²) in [4.78, 5) is 0. The molecule has 14 aromatic carbocycles. The molecule has 10 nitrogen and oxygen atoms in total. The van der Waals surface area contributed by atoms with Crippen LogP contribution in [0.2, 0.25) is 0 Å². The maximum atomic E-state index is 5.41. The molecule has 0 unspecified atom stereocenters. The van der Waals surface area contributed by atoms with E-state index in [1.54, 1.807) is 42.7 Å². The second-order valence-corrected chi connectivity index (χ2v) is 29.1. The van der Waals surface area contributed by atoms with Gasteiger partial charge in [0.05, 0.1) is 26.4 Å². The van der Waals surface area contributed by atoms with Crippen molar-refractivity contribution in [2.45, 2.75) is 230 Å². The molecule has 0 bridgehead atoms.